The van der Waals surface area contributed by atoms with Gasteiger partial charge < -0.3 is 14.7 Å². The molecule has 5 nitrogen and oxygen atoms in total. The summed E-state index contributed by atoms with van der Waals surface area (Å²) in [5.41, 5.74) is 4.80. The lowest BCUT2D eigenvalue weighted by molar-refractivity contribution is 0.122. The Morgan fingerprint density at radius 1 is 0.588 bits per heavy atom. The number of rotatable bonds is 2. The first-order valence-corrected chi connectivity index (χ1v) is 11.2. The molecular formula is C29H19N3O2. The van der Waals surface area contributed by atoms with Crippen molar-refractivity contribution in [2.24, 2.45) is 0 Å². The van der Waals surface area contributed by atoms with E-state index in [-0.39, 0.29) is 0 Å². The average molecular weight is 441 g/mol. The van der Waals surface area contributed by atoms with Crippen LogP contribution in [0.3, 0.4) is 0 Å². The minimum absolute atomic E-state index is 0.589. The molecule has 7 rings (SSSR count). The fraction of sp³-hybridized carbons (Fsp3) is 0.0345. The highest BCUT2D eigenvalue weighted by Crippen LogP contribution is 2.55. The number of ether oxygens (including phenoxy) is 1. The number of pyridine rings is 2. The van der Waals surface area contributed by atoms with Crippen LogP contribution in [0.2, 0.25) is 0 Å². The number of nitrogens with zero attached hydrogens (tertiary/aromatic N) is 3. The van der Waals surface area contributed by atoms with E-state index < -0.39 is 5.60 Å². The van der Waals surface area contributed by atoms with Gasteiger partial charge in [0.25, 0.3) is 0 Å². The summed E-state index contributed by atoms with van der Waals surface area (Å²) in [4.78, 5) is 11.4. The van der Waals surface area contributed by atoms with Crippen LogP contribution in [0.1, 0.15) is 17.0 Å². The fourth-order valence-electron chi connectivity index (χ4n) is 5.13. The molecule has 3 heterocycles. The second-order valence-corrected chi connectivity index (χ2v) is 8.40. The maximum absolute atomic E-state index is 12.5. The standard InChI is InChI=1S/C29H19N3O2/c33-29(27-19(9-7-17-30-27)20-10-8-18-31-28(20)29)21-11-1-2-12-22(21)32-23-13-3-5-15-25(23)34-26-16-6-4-14-24(26)32/h1-18,33H. The molecule has 0 bridgehead atoms. The van der Waals surface area contributed by atoms with Crippen molar-refractivity contribution >= 4 is 17.1 Å². The molecule has 5 aromatic rings. The number of hydrogen-bond acceptors (Lipinski definition) is 5. The minimum atomic E-state index is -1.51. The third-order valence-corrected chi connectivity index (χ3v) is 6.56. The van der Waals surface area contributed by atoms with Gasteiger partial charge in [0.05, 0.1) is 28.5 Å². The van der Waals surface area contributed by atoms with Crippen LogP contribution in [0.25, 0.3) is 11.1 Å². The maximum atomic E-state index is 12.5. The quantitative estimate of drug-likeness (QED) is 0.341. The number of fused-ring (bicyclic) bond motifs is 5. The molecule has 1 aliphatic heterocycles. The third-order valence-electron chi connectivity index (χ3n) is 6.56. The number of anilines is 3. The second kappa shape index (κ2) is 7.01. The average Bonchev–Trinajstić information content (AvgIpc) is 3.17. The van der Waals surface area contributed by atoms with Crippen LogP contribution < -0.4 is 9.64 Å². The van der Waals surface area contributed by atoms with Crippen molar-refractivity contribution in [3.05, 3.63) is 126 Å². The van der Waals surface area contributed by atoms with Gasteiger partial charge in [-0.2, -0.15) is 0 Å². The minimum Gasteiger partial charge on any atom is -0.453 e. The zero-order valence-electron chi connectivity index (χ0n) is 18.1. The smallest absolute Gasteiger partial charge is 0.177 e. The van der Waals surface area contributed by atoms with Crippen LogP contribution in [0.15, 0.2) is 109 Å². The molecule has 5 heteroatoms. The Hall–Kier alpha value is -4.48. The fourth-order valence-corrected chi connectivity index (χ4v) is 5.13. The van der Waals surface area contributed by atoms with Crippen LogP contribution in [0.5, 0.6) is 11.5 Å². The van der Waals surface area contributed by atoms with Crippen molar-refractivity contribution < 1.29 is 9.84 Å². The van der Waals surface area contributed by atoms with E-state index in [0.29, 0.717) is 17.0 Å². The van der Waals surface area contributed by atoms with E-state index in [2.05, 4.69) is 14.9 Å². The zero-order valence-corrected chi connectivity index (χ0v) is 18.1. The number of aliphatic hydroxyl groups is 1. The van der Waals surface area contributed by atoms with Gasteiger partial charge in [-0.05, 0) is 42.5 Å². The molecule has 0 fully saturated rings. The summed E-state index contributed by atoms with van der Waals surface area (Å²) in [6.45, 7) is 0. The molecule has 3 aromatic carbocycles. The number of aromatic nitrogens is 2. The van der Waals surface area contributed by atoms with Gasteiger partial charge in [0.15, 0.2) is 17.1 Å². The first kappa shape index (κ1) is 19.0. The Morgan fingerprint density at radius 2 is 1.09 bits per heavy atom. The van der Waals surface area contributed by atoms with E-state index in [1.54, 1.807) is 12.4 Å². The van der Waals surface area contributed by atoms with Gasteiger partial charge in [0, 0.05) is 29.1 Å². The van der Waals surface area contributed by atoms with E-state index in [0.717, 1.165) is 39.7 Å². The van der Waals surface area contributed by atoms with Crippen molar-refractivity contribution in [1.82, 2.24) is 9.97 Å². The second-order valence-electron chi connectivity index (χ2n) is 8.40. The largest absolute Gasteiger partial charge is 0.453 e. The van der Waals surface area contributed by atoms with Crippen molar-refractivity contribution in [3.63, 3.8) is 0 Å². The van der Waals surface area contributed by atoms with Gasteiger partial charge in [0.2, 0.25) is 0 Å². The predicted molar refractivity (Wildman–Crippen MR) is 131 cm³/mol. The highest BCUT2D eigenvalue weighted by atomic mass is 16.5. The highest BCUT2D eigenvalue weighted by Gasteiger charge is 2.48. The zero-order chi connectivity index (χ0) is 22.7. The van der Waals surface area contributed by atoms with Gasteiger partial charge in [-0.25, -0.2) is 0 Å². The predicted octanol–water partition coefficient (Wildman–Crippen LogP) is 6.32. The lowest BCUT2D eigenvalue weighted by atomic mass is 9.87. The van der Waals surface area contributed by atoms with Crippen LogP contribution in [0.4, 0.5) is 17.1 Å². The van der Waals surface area contributed by atoms with Crippen molar-refractivity contribution in [3.8, 4) is 22.6 Å². The first-order chi connectivity index (χ1) is 16.8. The summed E-state index contributed by atoms with van der Waals surface area (Å²) in [6.07, 6.45) is 3.44. The summed E-state index contributed by atoms with van der Waals surface area (Å²) >= 11 is 0. The van der Waals surface area contributed by atoms with Crippen LogP contribution in [0, 0.1) is 0 Å². The normalized spacial score (nSPS) is 14.4. The Kier molecular flexibility index (Phi) is 3.92. The number of para-hydroxylation sites is 5. The Morgan fingerprint density at radius 3 is 1.68 bits per heavy atom. The Labute approximate surface area is 196 Å². The highest BCUT2D eigenvalue weighted by molar-refractivity contribution is 5.89. The van der Waals surface area contributed by atoms with Gasteiger partial charge in [-0.15, -0.1) is 0 Å². The molecule has 0 atom stereocenters. The number of benzene rings is 3. The van der Waals surface area contributed by atoms with Crippen LogP contribution >= 0.6 is 0 Å². The number of hydrogen-bond donors (Lipinski definition) is 1. The molecular weight excluding hydrogens is 422 g/mol. The van der Waals surface area contributed by atoms with E-state index >= 15 is 0 Å². The van der Waals surface area contributed by atoms with Crippen molar-refractivity contribution in [1.29, 1.82) is 0 Å². The molecule has 0 saturated carbocycles. The Balaban J connectivity index is 1.54. The maximum Gasteiger partial charge on any atom is 0.177 e. The molecule has 0 unspecified atom stereocenters. The molecule has 0 saturated heterocycles. The molecule has 2 aliphatic rings. The van der Waals surface area contributed by atoms with Gasteiger partial charge >= 0.3 is 0 Å². The van der Waals surface area contributed by atoms with Crippen LogP contribution in [-0.4, -0.2) is 15.1 Å². The summed E-state index contributed by atoms with van der Waals surface area (Å²) in [6, 6.07) is 31.5. The molecule has 34 heavy (non-hydrogen) atoms. The third kappa shape index (κ3) is 2.47. The summed E-state index contributed by atoms with van der Waals surface area (Å²) in [7, 11) is 0. The van der Waals surface area contributed by atoms with Crippen molar-refractivity contribution in [2.75, 3.05) is 4.90 Å². The Bertz CT molecular complexity index is 1490. The van der Waals surface area contributed by atoms with Gasteiger partial charge in [0.1, 0.15) is 0 Å². The van der Waals surface area contributed by atoms with E-state index in [1.807, 2.05) is 97.1 Å². The molecule has 162 valence electrons. The SMILES string of the molecule is OC1(c2ccccc2N2c3ccccc3Oc3ccccc32)c2ncccc2-c2cccnc21. The topological polar surface area (TPSA) is 58.5 Å². The van der Waals surface area contributed by atoms with E-state index in [9.17, 15) is 5.11 Å². The van der Waals surface area contributed by atoms with Gasteiger partial charge in [-0.1, -0.05) is 54.6 Å². The lowest BCUT2D eigenvalue weighted by Gasteiger charge is -2.36. The van der Waals surface area contributed by atoms with E-state index in [4.69, 9.17) is 4.74 Å². The van der Waals surface area contributed by atoms with E-state index in [1.165, 1.54) is 0 Å². The summed E-state index contributed by atoms with van der Waals surface area (Å²) in [5.74, 6) is 1.51. The molecule has 2 aromatic heterocycles. The summed E-state index contributed by atoms with van der Waals surface area (Å²) in [5, 5.41) is 12.5. The molecule has 0 spiro atoms. The molecule has 0 amide bonds. The lowest BCUT2D eigenvalue weighted by Crippen LogP contribution is -2.31. The summed E-state index contributed by atoms with van der Waals surface area (Å²) < 4.78 is 6.20. The van der Waals surface area contributed by atoms with Gasteiger partial charge in [-0.3, -0.25) is 9.97 Å². The molecule has 1 aliphatic carbocycles. The monoisotopic (exact) mass is 441 g/mol. The molecule has 0 radical (unpaired) electrons. The van der Waals surface area contributed by atoms with Crippen molar-refractivity contribution in [2.45, 2.75) is 5.60 Å². The molecule has 1 N–H and O–H groups in total. The van der Waals surface area contributed by atoms with Crippen LogP contribution in [-0.2, 0) is 5.60 Å². The first-order valence-electron chi connectivity index (χ1n) is 11.2.